The van der Waals surface area contributed by atoms with Crippen LogP contribution < -0.4 is 9.47 Å². The van der Waals surface area contributed by atoms with Crippen molar-refractivity contribution in [3.05, 3.63) is 113 Å². The molecule has 0 N–H and O–H groups in total. The third kappa shape index (κ3) is 3.80. The lowest BCUT2D eigenvalue weighted by Gasteiger charge is -2.23. The summed E-state index contributed by atoms with van der Waals surface area (Å²) in [4.78, 5) is 3.64. The maximum absolute atomic E-state index is 2.44. The van der Waals surface area contributed by atoms with Gasteiger partial charge in [0.05, 0.1) is 0 Å². The summed E-state index contributed by atoms with van der Waals surface area (Å²) in [6, 6.07) is 30.2. The first kappa shape index (κ1) is 22.4. The Morgan fingerprint density at radius 2 is 1.47 bits per heavy atom. The summed E-state index contributed by atoms with van der Waals surface area (Å²) in [5.74, 6) is 0. The minimum atomic E-state index is -0.0176. The normalized spacial score (nSPS) is 15.9. The number of hydrogen-bond acceptors (Lipinski definition) is 2. The predicted molar refractivity (Wildman–Crippen MR) is 146 cm³/mol. The molecule has 3 aromatic carbocycles. The van der Waals surface area contributed by atoms with Crippen molar-refractivity contribution < 1.29 is 4.57 Å². The van der Waals surface area contributed by atoms with Crippen molar-refractivity contribution in [1.82, 2.24) is 0 Å². The molecule has 1 aromatic heterocycles. The smallest absolute Gasteiger partial charge is 0.262 e. The fourth-order valence-corrected chi connectivity index (χ4v) is 6.34. The second-order valence-corrected chi connectivity index (χ2v) is 10.2. The van der Waals surface area contributed by atoms with Crippen molar-refractivity contribution in [3.8, 4) is 21.7 Å². The van der Waals surface area contributed by atoms with Crippen molar-refractivity contribution >= 4 is 23.1 Å². The molecule has 2 nitrogen and oxygen atoms in total. The van der Waals surface area contributed by atoms with Gasteiger partial charge in [-0.25, -0.2) is 0 Å². The number of allylic oxidation sites excluding steroid dienone is 3. The Morgan fingerprint density at radius 3 is 2.12 bits per heavy atom. The number of thiazole rings is 1. The van der Waals surface area contributed by atoms with Crippen molar-refractivity contribution in [1.29, 1.82) is 0 Å². The van der Waals surface area contributed by atoms with Crippen LogP contribution in [0.25, 0.3) is 27.8 Å². The van der Waals surface area contributed by atoms with Crippen LogP contribution in [0, 0.1) is 0 Å². The number of hydrogen-bond donors (Lipinski definition) is 0. The number of likely N-dealkylation sites (N-methyl/N-ethyl adjacent to an activating group) is 1. The second kappa shape index (κ2) is 9.08. The maximum Gasteiger partial charge on any atom is 0.262 e. The van der Waals surface area contributed by atoms with Crippen LogP contribution in [-0.2, 0) is 12.0 Å². The zero-order valence-corrected chi connectivity index (χ0v) is 21.1. The van der Waals surface area contributed by atoms with Gasteiger partial charge >= 0.3 is 0 Å². The van der Waals surface area contributed by atoms with E-state index in [-0.39, 0.29) is 5.41 Å². The van der Waals surface area contributed by atoms with E-state index in [0.717, 1.165) is 6.54 Å². The molecule has 1 aliphatic heterocycles. The van der Waals surface area contributed by atoms with Crippen LogP contribution in [0.1, 0.15) is 31.3 Å². The molecule has 3 heteroatoms. The lowest BCUT2D eigenvalue weighted by atomic mass is 9.84. The van der Waals surface area contributed by atoms with Gasteiger partial charge in [0.25, 0.3) is 5.01 Å². The Hall–Kier alpha value is -3.43. The first-order valence-corrected chi connectivity index (χ1v) is 12.7. The van der Waals surface area contributed by atoms with Crippen molar-refractivity contribution in [3.63, 3.8) is 0 Å². The highest BCUT2D eigenvalue weighted by atomic mass is 32.1. The zero-order chi connectivity index (χ0) is 23.7. The molecule has 0 radical (unpaired) electrons. The van der Waals surface area contributed by atoms with Crippen LogP contribution in [0.2, 0.25) is 0 Å². The van der Waals surface area contributed by atoms with Gasteiger partial charge in [0, 0.05) is 35.5 Å². The minimum absolute atomic E-state index is 0.0176. The molecule has 0 unspecified atom stereocenters. The van der Waals surface area contributed by atoms with Gasteiger partial charge in [-0.05, 0) is 42.3 Å². The SMILES string of the molecule is CC[n+]1c(C=CC=C2N(C)c3ccccc3C2(C)C)sc(-c2ccccc2)c1-c1ccccc1. The topological polar surface area (TPSA) is 7.12 Å². The van der Waals surface area contributed by atoms with Gasteiger partial charge in [-0.3, -0.25) is 0 Å². The van der Waals surface area contributed by atoms with Crippen LogP contribution in [-0.4, -0.2) is 7.05 Å². The summed E-state index contributed by atoms with van der Waals surface area (Å²) in [5.41, 5.74) is 7.78. The van der Waals surface area contributed by atoms with Gasteiger partial charge in [0.1, 0.15) is 11.4 Å². The number of benzene rings is 3. The highest BCUT2D eigenvalue weighted by Gasteiger charge is 2.37. The lowest BCUT2D eigenvalue weighted by molar-refractivity contribution is -0.679. The fourth-order valence-electron chi connectivity index (χ4n) is 5.07. The van der Waals surface area contributed by atoms with Gasteiger partial charge in [0.2, 0.25) is 5.69 Å². The molecule has 0 amide bonds. The third-order valence-corrected chi connectivity index (χ3v) is 7.99. The summed E-state index contributed by atoms with van der Waals surface area (Å²) in [5, 5.41) is 1.26. The van der Waals surface area contributed by atoms with Crippen LogP contribution in [0.5, 0.6) is 0 Å². The minimum Gasteiger partial charge on any atom is -0.347 e. The van der Waals surface area contributed by atoms with Gasteiger partial charge in [-0.1, -0.05) is 98.0 Å². The average molecular weight is 464 g/mol. The molecule has 0 atom stereocenters. The number of para-hydroxylation sites is 1. The van der Waals surface area contributed by atoms with E-state index >= 15 is 0 Å². The first-order valence-electron chi connectivity index (χ1n) is 11.9. The number of nitrogens with zero attached hydrogens (tertiary/aromatic N) is 2. The van der Waals surface area contributed by atoms with Crippen molar-refractivity contribution in [2.75, 3.05) is 11.9 Å². The number of anilines is 1. The highest BCUT2D eigenvalue weighted by molar-refractivity contribution is 7.16. The third-order valence-electron chi connectivity index (χ3n) is 6.79. The van der Waals surface area contributed by atoms with E-state index in [4.69, 9.17) is 0 Å². The lowest BCUT2D eigenvalue weighted by Crippen LogP contribution is -2.35. The van der Waals surface area contributed by atoms with Crippen LogP contribution in [0.3, 0.4) is 0 Å². The van der Waals surface area contributed by atoms with E-state index in [9.17, 15) is 0 Å². The molecule has 4 aromatic rings. The summed E-state index contributed by atoms with van der Waals surface area (Å²) in [6.07, 6.45) is 6.78. The number of rotatable bonds is 5. The second-order valence-electron chi connectivity index (χ2n) is 9.21. The highest BCUT2D eigenvalue weighted by Crippen LogP contribution is 2.46. The largest absolute Gasteiger partial charge is 0.347 e. The molecule has 1 aliphatic rings. The molecular weight excluding hydrogens is 432 g/mol. The van der Waals surface area contributed by atoms with Gasteiger partial charge in [0.15, 0.2) is 0 Å². The number of aromatic nitrogens is 1. The Bertz CT molecular complexity index is 1360. The maximum atomic E-state index is 2.44. The molecule has 0 saturated carbocycles. The van der Waals surface area contributed by atoms with E-state index < -0.39 is 0 Å². The summed E-state index contributed by atoms with van der Waals surface area (Å²) < 4.78 is 2.44. The van der Waals surface area contributed by atoms with Gasteiger partial charge < -0.3 is 4.90 Å². The van der Waals surface area contributed by atoms with E-state index in [1.165, 1.54) is 43.7 Å². The Kier molecular flexibility index (Phi) is 5.97. The molecule has 2 heterocycles. The van der Waals surface area contributed by atoms with E-state index in [1.54, 1.807) is 0 Å². The van der Waals surface area contributed by atoms with E-state index in [0.29, 0.717) is 0 Å². The fraction of sp³-hybridized carbons (Fsp3) is 0.194. The van der Waals surface area contributed by atoms with E-state index in [1.807, 2.05) is 11.3 Å². The Morgan fingerprint density at radius 1 is 0.853 bits per heavy atom. The average Bonchev–Trinajstić information content (AvgIpc) is 3.33. The van der Waals surface area contributed by atoms with E-state index in [2.05, 4.69) is 140 Å². The zero-order valence-electron chi connectivity index (χ0n) is 20.3. The van der Waals surface area contributed by atoms with Gasteiger partial charge in [-0.15, -0.1) is 0 Å². The first-order chi connectivity index (χ1) is 16.5. The van der Waals surface area contributed by atoms with Crippen LogP contribution in [0.4, 0.5) is 5.69 Å². The van der Waals surface area contributed by atoms with Gasteiger partial charge in [-0.2, -0.15) is 4.57 Å². The molecule has 0 aliphatic carbocycles. The van der Waals surface area contributed by atoms with Crippen molar-refractivity contribution in [2.45, 2.75) is 32.7 Å². The quantitative estimate of drug-likeness (QED) is 0.275. The van der Waals surface area contributed by atoms with Crippen LogP contribution in [0.15, 0.2) is 103 Å². The molecule has 5 rings (SSSR count). The summed E-state index contributed by atoms with van der Waals surface area (Å²) >= 11 is 1.86. The Balaban J connectivity index is 1.58. The Labute approximate surface area is 207 Å². The summed E-state index contributed by atoms with van der Waals surface area (Å²) in [7, 11) is 2.17. The standard InChI is InChI=1S/C31H31N2S/c1-5-33-28(22-14-21-27-31(2,3)25-19-12-13-20-26(25)32(27)4)34-30(24-17-10-7-11-18-24)29(33)23-15-8-6-9-16-23/h6-22H,5H2,1-4H3/q+1. The molecule has 34 heavy (non-hydrogen) atoms. The monoisotopic (exact) mass is 463 g/mol. The number of fused-ring (bicyclic) bond motifs is 1. The van der Waals surface area contributed by atoms with Crippen molar-refractivity contribution in [2.24, 2.45) is 0 Å². The molecule has 0 saturated heterocycles. The van der Waals surface area contributed by atoms with Crippen LogP contribution >= 0.6 is 11.3 Å². The molecular formula is C31H31N2S+. The predicted octanol–water partition coefficient (Wildman–Crippen LogP) is 7.71. The molecule has 0 bridgehead atoms. The summed E-state index contributed by atoms with van der Waals surface area (Å²) in [6.45, 7) is 7.77. The molecule has 0 spiro atoms. The molecule has 0 fully saturated rings. The molecule has 170 valence electrons.